The summed E-state index contributed by atoms with van der Waals surface area (Å²) in [6.45, 7) is 0. The van der Waals surface area contributed by atoms with Gasteiger partial charge in [-0.15, -0.1) is 0 Å². The molecule has 0 saturated carbocycles. The number of methoxy groups -OCH3 is 1. The van der Waals surface area contributed by atoms with Gasteiger partial charge in [-0.3, -0.25) is 0 Å². The van der Waals surface area contributed by atoms with Gasteiger partial charge in [-0.25, -0.2) is 4.79 Å². The molecule has 0 bridgehead atoms. The third-order valence-electron chi connectivity index (χ3n) is 2.42. The number of carbonyl (C=O) groups is 1. The van der Waals surface area contributed by atoms with E-state index in [1.807, 2.05) is 6.07 Å². The number of ether oxygens (including phenoxy) is 1. The van der Waals surface area contributed by atoms with E-state index >= 15 is 0 Å². The Kier molecular flexibility index (Phi) is 3.08. The van der Waals surface area contributed by atoms with Gasteiger partial charge >= 0.3 is 5.97 Å². The minimum Gasteiger partial charge on any atom is -0.504 e. The van der Waals surface area contributed by atoms with E-state index < -0.39 is 5.97 Å². The quantitative estimate of drug-likeness (QED) is 0.861. The van der Waals surface area contributed by atoms with Crippen LogP contribution < -0.4 is 4.74 Å². The molecule has 96 valence electrons. The Morgan fingerprint density at radius 1 is 1.47 bits per heavy atom. The number of benzene rings is 1. The van der Waals surface area contributed by atoms with Crippen molar-refractivity contribution in [1.82, 2.24) is 5.16 Å². The van der Waals surface area contributed by atoms with Gasteiger partial charge < -0.3 is 19.5 Å². The molecule has 0 aliphatic rings. The number of carboxylic acids is 1. The van der Waals surface area contributed by atoms with Gasteiger partial charge in [-0.05, 0) is 6.07 Å². The smallest absolute Gasteiger partial charge is 0.374 e. The Labute approximate surface area is 107 Å². The highest BCUT2D eigenvalue weighted by molar-refractivity contribution is 5.86. The fraction of sp³-hybridized carbons (Fsp3) is 0.0833. The predicted molar refractivity (Wildman–Crippen MR) is 61.8 cm³/mol. The van der Waals surface area contributed by atoms with Gasteiger partial charge in [-0.2, -0.15) is 5.26 Å². The number of rotatable bonds is 3. The van der Waals surface area contributed by atoms with Crippen molar-refractivity contribution in [3.8, 4) is 28.8 Å². The van der Waals surface area contributed by atoms with E-state index in [0.29, 0.717) is 0 Å². The first-order chi connectivity index (χ1) is 9.06. The average Bonchev–Trinajstić information content (AvgIpc) is 2.88. The maximum Gasteiger partial charge on any atom is 0.374 e. The van der Waals surface area contributed by atoms with Crippen LogP contribution in [0.4, 0.5) is 0 Å². The minimum absolute atomic E-state index is 0.0916. The second-order valence-electron chi connectivity index (χ2n) is 3.57. The molecular formula is C12H8N2O5. The summed E-state index contributed by atoms with van der Waals surface area (Å²) >= 11 is 0. The van der Waals surface area contributed by atoms with Gasteiger partial charge in [0.2, 0.25) is 5.76 Å². The van der Waals surface area contributed by atoms with Crippen molar-refractivity contribution < 1.29 is 24.3 Å². The zero-order valence-electron chi connectivity index (χ0n) is 9.75. The molecule has 2 rings (SSSR count). The first kappa shape index (κ1) is 12.4. The van der Waals surface area contributed by atoms with E-state index in [-0.39, 0.29) is 34.1 Å². The molecule has 19 heavy (non-hydrogen) atoms. The second-order valence-corrected chi connectivity index (χ2v) is 3.57. The number of hydrogen-bond donors (Lipinski definition) is 2. The molecule has 0 fully saturated rings. The number of hydrogen-bond acceptors (Lipinski definition) is 6. The number of carboxylic acid groups (broad SMARTS) is 1. The molecule has 7 nitrogen and oxygen atoms in total. The summed E-state index contributed by atoms with van der Waals surface area (Å²) in [5.41, 5.74) is 0.502. The molecule has 1 heterocycles. The highest BCUT2D eigenvalue weighted by Gasteiger charge is 2.18. The molecule has 2 aromatic rings. The maximum atomic E-state index is 10.7. The van der Waals surface area contributed by atoms with Crippen molar-refractivity contribution in [3.05, 3.63) is 29.5 Å². The fourth-order valence-corrected chi connectivity index (χ4v) is 1.53. The molecule has 0 unspecified atom stereocenters. The number of aromatic hydroxyl groups is 1. The average molecular weight is 260 g/mol. The summed E-state index contributed by atoms with van der Waals surface area (Å²) in [5.74, 6) is -1.79. The van der Waals surface area contributed by atoms with Gasteiger partial charge in [-0.1, -0.05) is 5.16 Å². The number of aromatic nitrogens is 1. The molecular weight excluding hydrogens is 252 g/mol. The number of nitrogens with zero attached hydrogens (tertiary/aromatic N) is 2. The lowest BCUT2D eigenvalue weighted by Gasteiger charge is -2.07. The molecule has 0 radical (unpaired) electrons. The summed E-state index contributed by atoms with van der Waals surface area (Å²) in [6, 6.07) is 5.77. The zero-order chi connectivity index (χ0) is 14.0. The molecule has 0 amide bonds. The van der Waals surface area contributed by atoms with E-state index in [1.165, 1.54) is 19.2 Å². The van der Waals surface area contributed by atoms with Crippen LogP contribution in [-0.2, 0) is 0 Å². The first-order valence-corrected chi connectivity index (χ1v) is 5.08. The van der Waals surface area contributed by atoms with Crippen LogP contribution in [0, 0.1) is 11.3 Å². The minimum atomic E-state index is -1.28. The SMILES string of the molecule is COc1cc(C#N)cc(-c2cc(C(=O)O)on2)c1O. The lowest BCUT2D eigenvalue weighted by Crippen LogP contribution is -1.92. The van der Waals surface area contributed by atoms with E-state index in [9.17, 15) is 9.90 Å². The number of phenolic OH excluding ortho intramolecular Hbond substituents is 1. The number of aromatic carboxylic acids is 1. The van der Waals surface area contributed by atoms with Crippen LogP contribution in [0.25, 0.3) is 11.3 Å². The normalized spacial score (nSPS) is 9.89. The van der Waals surface area contributed by atoms with Crippen LogP contribution >= 0.6 is 0 Å². The summed E-state index contributed by atoms with van der Waals surface area (Å²) in [7, 11) is 1.34. The largest absolute Gasteiger partial charge is 0.504 e. The summed E-state index contributed by atoms with van der Waals surface area (Å²) < 4.78 is 9.53. The van der Waals surface area contributed by atoms with Gasteiger partial charge in [0, 0.05) is 12.1 Å². The molecule has 1 aromatic heterocycles. The third kappa shape index (κ3) is 2.19. The maximum absolute atomic E-state index is 10.7. The topological polar surface area (TPSA) is 117 Å². The molecule has 0 aliphatic carbocycles. The summed E-state index contributed by atoms with van der Waals surface area (Å²) in [6.07, 6.45) is 0. The first-order valence-electron chi connectivity index (χ1n) is 5.08. The highest BCUT2D eigenvalue weighted by Crippen LogP contribution is 2.37. The molecule has 0 spiro atoms. The van der Waals surface area contributed by atoms with Crippen molar-refractivity contribution in [2.45, 2.75) is 0 Å². The fourth-order valence-electron chi connectivity index (χ4n) is 1.53. The highest BCUT2D eigenvalue weighted by atomic mass is 16.5. The molecule has 0 aliphatic heterocycles. The predicted octanol–water partition coefficient (Wildman–Crippen LogP) is 1.63. The van der Waals surface area contributed by atoms with Gasteiger partial charge in [0.1, 0.15) is 5.69 Å². The van der Waals surface area contributed by atoms with Crippen LogP contribution in [0.15, 0.2) is 22.7 Å². The van der Waals surface area contributed by atoms with E-state index in [2.05, 4.69) is 9.68 Å². The van der Waals surface area contributed by atoms with Crippen LogP contribution in [0.3, 0.4) is 0 Å². The lowest BCUT2D eigenvalue weighted by molar-refractivity contribution is 0.0652. The number of phenols is 1. The zero-order valence-corrected chi connectivity index (χ0v) is 9.75. The Bertz CT molecular complexity index is 684. The summed E-state index contributed by atoms with van der Waals surface area (Å²) in [4.78, 5) is 10.7. The van der Waals surface area contributed by atoms with Gasteiger partial charge in [0.25, 0.3) is 0 Å². The Balaban J connectivity index is 2.60. The van der Waals surface area contributed by atoms with Crippen molar-refractivity contribution in [3.63, 3.8) is 0 Å². The van der Waals surface area contributed by atoms with Crippen LogP contribution in [-0.4, -0.2) is 28.4 Å². The monoisotopic (exact) mass is 260 g/mol. The van der Waals surface area contributed by atoms with Crippen molar-refractivity contribution in [2.24, 2.45) is 0 Å². The van der Waals surface area contributed by atoms with Gasteiger partial charge in [0.05, 0.1) is 24.3 Å². The standard InChI is InChI=1S/C12H8N2O5/c1-18-9-3-6(5-13)2-7(11(9)15)8-4-10(12(16)17)19-14-8/h2-4,15H,1H3,(H,16,17). The molecule has 1 aromatic carbocycles. The molecule has 0 atom stereocenters. The van der Waals surface area contributed by atoms with E-state index in [0.717, 1.165) is 6.07 Å². The Hall–Kier alpha value is -3.01. The van der Waals surface area contributed by atoms with E-state index in [1.54, 1.807) is 0 Å². The Morgan fingerprint density at radius 2 is 2.21 bits per heavy atom. The second kappa shape index (κ2) is 4.70. The van der Waals surface area contributed by atoms with Crippen molar-refractivity contribution >= 4 is 5.97 Å². The molecule has 7 heteroatoms. The van der Waals surface area contributed by atoms with Gasteiger partial charge in [0.15, 0.2) is 11.5 Å². The van der Waals surface area contributed by atoms with Crippen molar-refractivity contribution in [2.75, 3.05) is 7.11 Å². The third-order valence-corrected chi connectivity index (χ3v) is 2.42. The molecule has 2 N–H and O–H groups in total. The Morgan fingerprint density at radius 3 is 2.74 bits per heavy atom. The summed E-state index contributed by atoms with van der Waals surface area (Å²) in [5, 5.41) is 31.1. The number of nitriles is 1. The van der Waals surface area contributed by atoms with Crippen LogP contribution in [0.1, 0.15) is 16.1 Å². The molecule has 0 saturated heterocycles. The van der Waals surface area contributed by atoms with E-state index in [4.69, 9.17) is 15.1 Å². The lowest BCUT2D eigenvalue weighted by atomic mass is 10.1. The van der Waals surface area contributed by atoms with Crippen molar-refractivity contribution in [1.29, 1.82) is 5.26 Å². The van der Waals surface area contributed by atoms with Crippen LogP contribution in [0.2, 0.25) is 0 Å². The van der Waals surface area contributed by atoms with Crippen LogP contribution in [0.5, 0.6) is 11.5 Å².